The van der Waals surface area contributed by atoms with Crippen LogP contribution in [0.15, 0.2) is 46.9 Å². The van der Waals surface area contributed by atoms with Crippen molar-refractivity contribution < 1.29 is 4.79 Å². The Labute approximate surface area is 161 Å². The molecule has 0 bridgehead atoms. The van der Waals surface area contributed by atoms with Crippen LogP contribution in [0.2, 0.25) is 0 Å². The minimum Gasteiger partial charge on any atom is -0.352 e. The molecule has 0 spiro atoms. The number of thioether (sulfide) groups is 1. The molecule has 0 radical (unpaired) electrons. The number of carbonyl (C=O) groups excluding carboxylic acids is 1. The van der Waals surface area contributed by atoms with Gasteiger partial charge in [-0.25, -0.2) is 0 Å². The molecule has 1 N–H and O–H groups in total. The van der Waals surface area contributed by atoms with Crippen LogP contribution in [0, 0.1) is 5.92 Å². The molecule has 1 aromatic carbocycles. The van der Waals surface area contributed by atoms with Crippen LogP contribution in [0.25, 0.3) is 16.7 Å². The van der Waals surface area contributed by atoms with E-state index in [4.69, 9.17) is 0 Å². The average molecular weight is 385 g/mol. The Morgan fingerprint density at radius 1 is 1.33 bits per heavy atom. The van der Waals surface area contributed by atoms with E-state index in [1.54, 1.807) is 10.6 Å². The van der Waals surface area contributed by atoms with Gasteiger partial charge in [0, 0.05) is 13.1 Å². The highest BCUT2D eigenvalue weighted by atomic mass is 32.2. The fourth-order valence-corrected chi connectivity index (χ4v) is 3.55. The molecule has 3 aromatic rings. The molecule has 0 saturated heterocycles. The first-order valence-corrected chi connectivity index (χ1v) is 9.88. The minimum absolute atomic E-state index is 0.0635. The van der Waals surface area contributed by atoms with E-state index in [0.717, 1.165) is 11.9 Å². The van der Waals surface area contributed by atoms with E-state index in [0.29, 0.717) is 35.3 Å². The standard InChI is InChI=1S/C19H23N5O2S/c1-4-10-20-16(25)12-27-19-22-21-18-23(11-9-13(2)3)17(26)14-7-5-6-8-15(14)24(18)19/h4-8,13H,1,9-12H2,2-3H3,(H,20,25). The maximum absolute atomic E-state index is 13.0. The van der Waals surface area contributed by atoms with E-state index in [1.807, 2.05) is 28.7 Å². The van der Waals surface area contributed by atoms with E-state index in [1.165, 1.54) is 11.8 Å². The van der Waals surface area contributed by atoms with Crippen LogP contribution in [0.1, 0.15) is 20.3 Å². The van der Waals surface area contributed by atoms with Crippen molar-refractivity contribution in [2.24, 2.45) is 5.92 Å². The van der Waals surface area contributed by atoms with Gasteiger partial charge in [0.05, 0.1) is 16.7 Å². The summed E-state index contributed by atoms with van der Waals surface area (Å²) in [6, 6.07) is 7.42. The molecule has 0 fully saturated rings. The van der Waals surface area contributed by atoms with Crippen LogP contribution >= 0.6 is 11.8 Å². The monoisotopic (exact) mass is 385 g/mol. The van der Waals surface area contributed by atoms with Gasteiger partial charge in [-0.3, -0.25) is 18.6 Å². The van der Waals surface area contributed by atoms with Crippen molar-refractivity contribution in [1.82, 2.24) is 24.5 Å². The number of hydrogen-bond donors (Lipinski definition) is 1. The predicted molar refractivity (Wildman–Crippen MR) is 108 cm³/mol. The zero-order chi connectivity index (χ0) is 19.4. The summed E-state index contributed by atoms with van der Waals surface area (Å²) in [4.78, 5) is 24.9. The van der Waals surface area contributed by atoms with E-state index in [2.05, 4.69) is 35.9 Å². The number of amides is 1. The molecule has 8 heteroatoms. The molecule has 0 saturated carbocycles. The van der Waals surface area contributed by atoms with Crippen LogP contribution < -0.4 is 10.9 Å². The molecule has 7 nitrogen and oxygen atoms in total. The van der Waals surface area contributed by atoms with Gasteiger partial charge in [0.25, 0.3) is 5.56 Å². The number of nitrogens with zero attached hydrogens (tertiary/aromatic N) is 4. The Balaban J connectivity index is 2.05. The van der Waals surface area contributed by atoms with Crippen molar-refractivity contribution in [3.63, 3.8) is 0 Å². The summed E-state index contributed by atoms with van der Waals surface area (Å²) in [7, 11) is 0. The lowest BCUT2D eigenvalue weighted by molar-refractivity contribution is -0.118. The minimum atomic E-state index is -0.103. The lowest BCUT2D eigenvalue weighted by atomic mass is 10.1. The van der Waals surface area contributed by atoms with Crippen LogP contribution in [0.5, 0.6) is 0 Å². The number of aromatic nitrogens is 4. The number of carbonyl (C=O) groups is 1. The second-order valence-electron chi connectivity index (χ2n) is 6.66. The Morgan fingerprint density at radius 2 is 2.11 bits per heavy atom. The molecule has 0 unspecified atom stereocenters. The smallest absolute Gasteiger partial charge is 0.262 e. The largest absolute Gasteiger partial charge is 0.352 e. The van der Waals surface area contributed by atoms with Gasteiger partial charge in [0.15, 0.2) is 5.16 Å². The van der Waals surface area contributed by atoms with Crippen molar-refractivity contribution in [3.8, 4) is 0 Å². The molecule has 0 aliphatic heterocycles. The number of fused-ring (bicyclic) bond motifs is 3. The predicted octanol–water partition coefficient (Wildman–Crippen LogP) is 2.48. The average Bonchev–Trinajstić information content (AvgIpc) is 3.08. The van der Waals surface area contributed by atoms with Gasteiger partial charge < -0.3 is 5.32 Å². The lowest BCUT2D eigenvalue weighted by Gasteiger charge is -2.12. The number of benzene rings is 1. The van der Waals surface area contributed by atoms with Crippen molar-refractivity contribution in [3.05, 3.63) is 47.3 Å². The quantitative estimate of drug-likeness (QED) is 0.476. The molecular formula is C19H23N5O2S. The molecular weight excluding hydrogens is 362 g/mol. The van der Waals surface area contributed by atoms with Crippen LogP contribution in [-0.4, -0.2) is 37.4 Å². The first-order valence-electron chi connectivity index (χ1n) is 8.90. The highest BCUT2D eigenvalue weighted by Gasteiger charge is 2.17. The van der Waals surface area contributed by atoms with Crippen molar-refractivity contribution >= 4 is 34.3 Å². The van der Waals surface area contributed by atoms with E-state index < -0.39 is 0 Å². The maximum atomic E-state index is 13.0. The van der Waals surface area contributed by atoms with E-state index in [9.17, 15) is 9.59 Å². The van der Waals surface area contributed by atoms with Crippen molar-refractivity contribution in [2.75, 3.05) is 12.3 Å². The second kappa shape index (κ2) is 8.39. The fraction of sp³-hybridized carbons (Fsp3) is 0.368. The van der Waals surface area contributed by atoms with Crippen molar-refractivity contribution in [1.29, 1.82) is 0 Å². The second-order valence-corrected chi connectivity index (χ2v) is 7.60. The zero-order valence-electron chi connectivity index (χ0n) is 15.5. The van der Waals surface area contributed by atoms with Gasteiger partial charge in [-0.05, 0) is 24.5 Å². The molecule has 1 amide bonds. The SMILES string of the molecule is C=CCNC(=O)CSc1nnc2n(CCC(C)C)c(=O)c3ccccc3n12. The highest BCUT2D eigenvalue weighted by Crippen LogP contribution is 2.21. The third kappa shape index (κ3) is 4.05. The zero-order valence-corrected chi connectivity index (χ0v) is 16.3. The Bertz CT molecular complexity index is 1040. The summed E-state index contributed by atoms with van der Waals surface area (Å²) in [6.45, 7) is 8.83. The van der Waals surface area contributed by atoms with E-state index >= 15 is 0 Å². The Morgan fingerprint density at radius 3 is 2.85 bits per heavy atom. The third-order valence-electron chi connectivity index (χ3n) is 4.18. The van der Waals surface area contributed by atoms with Crippen LogP contribution in [0.3, 0.4) is 0 Å². The third-order valence-corrected chi connectivity index (χ3v) is 5.11. The Hall–Kier alpha value is -2.61. The molecule has 2 heterocycles. The van der Waals surface area contributed by atoms with Crippen LogP contribution in [-0.2, 0) is 11.3 Å². The summed E-state index contributed by atoms with van der Waals surface area (Å²) in [5.74, 6) is 1.09. The molecule has 142 valence electrons. The molecule has 0 aliphatic rings. The number of nitrogens with one attached hydrogen (secondary N) is 1. The number of aryl methyl sites for hydroxylation is 1. The number of para-hydroxylation sites is 1. The molecule has 2 aromatic heterocycles. The number of hydrogen-bond acceptors (Lipinski definition) is 5. The first-order chi connectivity index (χ1) is 13.0. The van der Waals surface area contributed by atoms with Gasteiger partial charge in [-0.15, -0.1) is 16.8 Å². The van der Waals surface area contributed by atoms with Crippen LogP contribution in [0.4, 0.5) is 0 Å². The fourth-order valence-electron chi connectivity index (χ4n) is 2.78. The molecule has 3 rings (SSSR count). The summed E-state index contributed by atoms with van der Waals surface area (Å²) in [5.41, 5.74) is 0.684. The summed E-state index contributed by atoms with van der Waals surface area (Å²) in [5, 5.41) is 12.4. The first kappa shape index (κ1) is 19.2. The van der Waals surface area contributed by atoms with Gasteiger partial charge in [-0.2, -0.15) is 0 Å². The van der Waals surface area contributed by atoms with Gasteiger partial charge >= 0.3 is 0 Å². The molecule has 0 aliphatic carbocycles. The van der Waals surface area contributed by atoms with E-state index in [-0.39, 0.29) is 17.2 Å². The Kier molecular flexibility index (Phi) is 5.95. The normalized spacial score (nSPS) is 11.4. The molecule has 27 heavy (non-hydrogen) atoms. The van der Waals surface area contributed by atoms with Gasteiger partial charge in [0.2, 0.25) is 11.7 Å². The number of rotatable bonds is 8. The topological polar surface area (TPSA) is 81.3 Å². The maximum Gasteiger partial charge on any atom is 0.262 e. The summed E-state index contributed by atoms with van der Waals surface area (Å²) in [6.07, 6.45) is 2.50. The van der Waals surface area contributed by atoms with Crippen molar-refractivity contribution in [2.45, 2.75) is 32.0 Å². The molecule has 0 atom stereocenters. The highest BCUT2D eigenvalue weighted by molar-refractivity contribution is 7.99. The summed E-state index contributed by atoms with van der Waals surface area (Å²) < 4.78 is 3.54. The van der Waals surface area contributed by atoms with Gasteiger partial charge in [0.1, 0.15) is 0 Å². The van der Waals surface area contributed by atoms with Gasteiger partial charge in [-0.1, -0.05) is 43.8 Å². The summed E-state index contributed by atoms with van der Waals surface area (Å²) >= 11 is 1.30. The lowest BCUT2D eigenvalue weighted by Crippen LogP contribution is -2.25.